The van der Waals surface area contributed by atoms with E-state index in [0.29, 0.717) is 6.04 Å². The Balaban J connectivity index is 1.95. The number of nitrogens with one attached hydrogen (secondary N) is 1. The number of rotatable bonds is 6. The number of likely N-dealkylation sites (tertiary alicyclic amines) is 1. The second-order valence-electron chi connectivity index (χ2n) is 5.64. The van der Waals surface area contributed by atoms with Gasteiger partial charge in [0.15, 0.2) is 0 Å². The largest absolute Gasteiger partial charge is 0.315 e. The van der Waals surface area contributed by atoms with Gasteiger partial charge in [0.1, 0.15) is 0 Å². The van der Waals surface area contributed by atoms with Gasteiger partial charge in [0.25, 0.3) is 0 Å². The third-order valence-electron chi connectivity index (χ3n) is 4.00. The highest BCUT2D eigenvalue weighted by Gasteiger charge is 2.21. The molecule has 20 heavy (non-hydrogen) atoms. The summed E-state index contributed by atoms with van der Waals surface area (Å²) in [5, 5.41) is 12.5. The van der Waals surface area contributed by atoms with Crippen molar-refractivity contribution in [2.45, 2.75) is 45.2 Å². The van der Waals surface area contributed by atoms with Crippen molar-refractivity contribution in [3.8, 4) is 6.07 Å². The van der Waals surface area contributed by atoms with Crippen LogP contribution < -0.4 is 5.32 Å². The molecule has 3 heteroatoms. The van der Waals surface area contributed by atoms with Crippen molar-refractivity contribution in [1.82, 2.24) is 10.2 Å². The molecule has 0 aliphatic carbocycles. The van der Waals surface area contributed by atoms with Crippen LogP contribution in [-0.2, 0) is 6.54 Å². The van der Waals surface area contributed by atoms with E-state index in [1.165, 1.54) is 37.8 Å². The van der Waals surface area contributed by atoms with E-state index in [0.717, 1.165) is 25.2 Å². The fourth-order valence-corrected chi connectivity index (χ4v) is 2.92. The lowest BCUT2D eigenvalue weighted by molar-refractivity contribution is 0.137. The van der Waals surface area contributed by atoms with Gasteiger partial charge in [0.05, 0.1) is 11.6 Å². The van der Waals surface area contributed by atoms with E-state index in [2.05, 4.69) is 29.3 Å². The van der Waals surface area contributed by atoms with Crippen LogP contribution >= 0.6 is 0 Å². The summed E-state index contributed by atoms with van der Waals surface area (Å²) in [6, 6.07) is 10.9. The zero-order valence-electron chi connectivity index (χ0n) is 12.4. The zero-order valence-corrected chi connectivity index (χ0v) is 12.4. The fraction of sp³-hybridized carbons (Fsp3) is 0.588. The quantitative estimate of drug-likeness (QED) is 0.809. The van der Waals surface area contributed by atoms with Gasteiger partial charge in [-0.2, -0.15) is 5.26 Å². The van der Waals surface area contributed by atoms with Crippen LogP contribution in [0.5, 0.6) is 0 Å². The molecule has 1 heterocycles. The molecule has 108 valence electrons. The summed E-state index contributed by atoms with van der Waals surface area (Å²) in [7, 11) is 0. The topological polar surface area (TPSA) is 39.1 Å². The standard InChI is InChI=1S/C17H25N3/c1-2-9-19-13-17-8-3-4-10-20(17)14-16-7-5-6-15(11-16)12-18/h5-7,11,17,19H,2-4,8-10,13-14H2,1H3. The zero-order chi connectivity index (χ0) is 14.2. The van der Waals surface area contributed by atoms with Crippen LogP contribution in [0.1, 0.15) is 43.7 Å². The Morgan fingerprint density at radius 2 is 2.30 bits per heavy atom. The van der Waals surface area contributed by atoms with Crippen molar-refractivity contribution in [2.75, 3.05) is 19.6 Å². The highest BCUT2D eigenvalue weighted by molar-refractivity contribution is 5.32. The van der Waals surface area contributed by atoms with Gasteiger partial charge in [0, 0.05) is 19.1 Å². The minimum Gasteiger partial charge on any atom is -0.315 e. The summed E-state index contributed by atoms with van der Waals surface area (Å²) in [4.78, 5) is 2.57. The molecule has 0 aromatic heterocycles. The Labute approximate surface area is 122 Å². The fourth-order valence-electron chi connectivity index (χ4n) is 2.92. The van der Waals surface area contributed by atoms with Crippen molar-refractivity contribution in [3.63, 3.8) is 0 Å². The molecule has 0 bridgehead atoms. The molecule has 1 aliphatic rings. The Kier molecular flexibility index (Phi) is 6.04. The number of hydrogen-bond donors (Lipinski definition) is 1. The third kappa shape index (κ3) is 4.33. The molecule has 0 spiro atoms. The second kappa shape index (κ2) is 8.04. The van der Waals surface area contributed by atoms with Crippen molar-refractivity contribution < 1.29 is 0 Å². The summed E-state index contributed by atoms with van der Waals surface area (Å²) in [5.41, 5.74) is 2.02. The molecule has 1 aromatic rings. The minimum atomic E-state index is 0.640. The monoisotopic (exact) mass is 271 g/mol. The van der Waals surface area contributed by atoms with Gasteiger partial charge in [-0.15, -0.1) is 0 Å². The van der Waals surface area contributed by atoms with Crippen molar-refractivity contribution >= 4 is 0 Å². The van der Waals surface area contributed by atoms with Gasteiger partial charge in [-0.05, 0) is 50.0 Å². The van der Waals surface area contributed by atoms with Gasteiger partial charge in [-0.3, -0.25) is 4.90 Å². The van der Waals surface area contributed by atoms with Crippen molar-refractivity contribution in [3.05, 3.63) is 35.4 Å². The summed E-state index contributed by atoms with van der Waals surface area (Å²) >= 11 is 0. The van der Waals surface area contributed by atoms with Crippen LogP contribution in [0.15, 0.2) is 24.3 Å². The van der Waals surface area contributed by atoms with E-state index >= 15 is 0 Å². The Hall–Kier alpha value is -1.37. The molecular weight excluding hydrogens is 246 g/mol. The summed E-state index contributed by atoms with van der Waals surface area (Å²) in [5.74, 6) is 0. The molecule has 1 atom stereocenters. The Morgan fingerprint density at radius 1 is 1.40 bits per heavy atom. The molecule has 1 aliphatic heterocycles. The number of piperidine rings is 1. The van der Waals surface area contributed by atoms with Gasteiger partial charge in [0.2, 0.25) is 0 Å². The highest BCUT2D eigenvalue weighted by atomic mass is 15.2. The maximum absolute atomic E-state index is 8.99. The van der Waals surface area contributed by atoms with Crippen LogP contribution in [0.3, 0.4) is 0 Å². The van der Waals surface area contributed by atoms with Gasteiger partial charge in [-0.25, -0.2) is 0 Å². The molecule has 0 amide bonds. The Bertz CT molecular complexity index is 450. The van der Waals surface area contributed by atoms with Crippen LogP contribution in [-0.4, -0.2) is 30.6 Å². The van der Waals surface area contributed by atoms with E-state index < -0.39 is 0 Å². The van der Waals surface area contributed by atoms with Gasteiger partial charge < -0.3 is 5.32 Å². The molecule has 0 radical (unpaired) electrons. The van der Waals surface area contributed by atoms with E-state index in [1.54, 1.807) is 0 Å². The molecule has 1 unspecified atom stereocenters. The van der Waals surface area contributed by atoms with Crippen molar-refractivity contribution in [2.24, 2.45) is 0 Å². The lowest BCUT2D eigenvalue weighted by Crippen LogP contribution is -2.45. The number of hydrogen-bond acceptors (Lipinski definition) is 3. The van der Waals surface area contributed by atoms with E-state index in [9.17, 15) is 0 Å². The van der Waals surface area contributed by atoms with Crippen LogP contribution in [0, 0.1) is 11.3 Å². The predicted octanol–water partition coefficient (Wildman–Crippen LogP) is 2.91. The van der Waals surface area contributed by atoms with Crippen LogP contribution in [0.4, 0.5) is 0 Å². The first-order valence-electron chi connectivity index (χ1n) is 7.77. The summed E-state index contributed by atoms with van der Waals surface area (Å²) in [6.07, 6.45) is 5.11. The average molecular weight is 271 g/mol. The average Bonchev–Trinajstić information content (AvgIpc) is 2.49. The second-order valence-corrected chi connectivity index (χ2v) is 5.64. The predicted molar refractivity (Wildman–Crippen MR) is 82.4 cm³/mol. The number of nitrogens with zero attached hydrogens (tertiary/aromatic N) is 2. The smallest absolute Gasteiger partial charge is 0.0991 e. The first kappa shape index (κ1) is 15.0. The van der Waals surface area contributed by atoms with Crippen LogP contribution in [0.2, 0.25) is 0 Å². The minimum absolute atomic E-state index is 0.640. The molecule has 1 aromatic carbocycles. The lowest BCUT2D eigenvalue weighted by Gasteiger charge is -2.36. The molecular formula is C17H25N3. The summed E-state index contributed by atoms with van der Waals surface area (Å²) < 4.78 is 0. The first-order chi connectivity index (χ1) is 9.83. The molecule has 2 rings (SSSR count). The molecule has 3 nitrogen and oxygen atoms in total. The van der Waals surface area contributed by atoms with Gasteiger partial charge >= 0.3 is 0 Å². The highest BCUT2D eigenvalue weighted by Crippen LogP contribution is 2.19. The number of nitriles is 1. The first-order valence-corrected chi connectivity index (χ1v) is 7.77. The lowest BCUT2D eigenvalue weighted by atomic mass is 10.0. The van der Waals surface area contributed by atoms with Crippen LogP contribution in [0.25, 0.3) is 0 Å². The van der Waals surface area contributed by atoms with Crippen molar-refractivity contribution in [1.29, 1.82) is 5.26 Å². The Morgan fingerprint density at radius 3 is 3.10 bits per heavy atom. The van der Waals surface area contributed by atoms with E-state index in [-0.39, 0.29) is 0 Å². The molecule has 1 saturated heterocycles. The number of benzene rings is 1. The molecule has 1 N–H and O–H groups in total. The third-order valence-corrected chi connectivity index (χ3v) is 4.00. The SMILES string of the molecule is CCCNCC1CCCCN1Cc1cccc(C#N)c1. The maximum Gasteiger partial charge on any atom is 0.0991 e. The summed E-state index contributed by atoms with van der Waals surface area (Å²) in [6.45, 7) is 6.54. The maximum atomic E-state index is 8.99. The molecule has 1 fully saturated rings. The molecule has 0 saturated carbocycles. The van der Waals surface area contributed by atoms with Gasteiger partial charge in [-0.1, -0.05) is 25.5 Å². The normalized spacial score (nSPS) is 19.7. The van der Waals surface area contributed by atoms with E-state index in [4.69, 9.17) is 5.26 Å². The van der Waals surface area contributed by atoms with E-state index in [1.807, 2.05) is 18.2 Å².